The van der Waals surface area contributed by atoms with E-state index >= 15 is 0 Å². The SMILES string of the molecule is O=C1NC(=Nc2ccccn2)S[C@@H]1Cc1cccc(Cl)c1Cl. The maximum Gasteiger partial charge on any atom is 0.239 e. The van der Waals surface area contributed by atoms with Crippen LogP contribution < -0.4 is 5.32 Å². The largest absolute Gasteiger partial charge is 0.304 e. The molecule has 0 bridgehead atoms. The molecule has 0 radical (unpaired) electrons. The first-order chi connectivity index (χ1) is 10.6. The van der Waals surface area contributed by atoms with Crippen LogP contribution in [0.15, 0.2) is 47.6 Å². The van der Waals surface area contributed by atoms with Gasteiger partial charge in [0.25, 0.3) is 0 Å². The number of nitrogens with one attached hydrogen (secondary N) is 1. The fourth-order valence-electron chi connectivity index (χ4n) is 2.02. The minimum absolute atomic E-state index is 0.0873. The second-order valence-corrected chi connectivity index (χ2v) is 6.59. The van der Waals surface area contributed by atoms with Gasteiger partial charge in [0.2, 0.25) is 5.91 Å². The molecule has 1 fully saturated rings. The minimum Gasteiger partial charge on any atom is -0.304 e. The molecule has 0 spiro atoms. The van der Waals surface area contributed by atoms with Gasteiger partial charge in [-0.2, -0.15) is 0 Å². The van der Waals surface area contributed by atoms with Gasteiger partial charge in [-0.05, 0) is 30.2 Å². The zero-order valence-corrected chi connectivity index (χ0v) is 13.6. The lowest BCUT2D eigenvalue weighted by Crippen LogP contribution is -2.26. The molecule has 4 nitrogen and oxygen atoms in total. The van der Waals surface area contributed by atoms with Crippen molar-refractivity contribution in [3.63, 3.8) is 0 Å². The van der Waals surface area contributed by atoms with Gasteiger partial charge in [0, 0.05) is 6.20 Å². The van der Waals surface area contributed by atoms with Gasteiger partial charge in [-0.25, -0.2) is 9.98 Å². The molecule has 1 N–H and O–H groups in total. The number of aromatic nitrogens is 1. The first kappa shape index (κ1) is 15.3. The highest BCUT2D eigenvalue weighted by Gasteiger charge is 2.31. The van der Waals surface area contributed by atoms with Crippen LogP contribution in [0.2, 0.25) is 10.0 Å². The fraction of sp³-hybridized carbons (Fsp3) is 0.133. The van der Waals surface area contributed by atoms with Gasteiger partial charge in [-0.3, -0.25) is 4.79 Å². The van der Waals surface area contributed by atoms with E-state index in [-0.39, 0.29) is 11.2 Å². The highest BCUT2D eigenvalue weighted by molar-refractivity contribution is 8.15. The van der Waals surface area contributed by atoms with E-state index in [0.29, 0.717) is 27.5 Å². The van der Waals surface area contributed by atoms with E-state index in [9.17, 15) is 4.79 Å². The highest BCUT2D eigenvalue weighted by atomic mass is 35.5. The second-order valence-electron chi connectivity index (χ2n) is 4.62. The monoisotopic (exact) mass is 351 g/mol. The van der Waals surface area contributed by atoms with E-state index in [1.165, 1.54) is 11.8 Å². The Kier molecular flexibility index (Phi) is 4.66. The first-order valence-electron chi connectivity index (χ1n) is 6.53. The number of rotatable bonds is 3. The van der Waals surface area contributed by atoms with Gasteiger partial charge in [-0.1, -0.05) is 53.2 Å². The maximum atomic E-state index is 12.1. The van der Waals surface area contributed by atoms with Crippen molar-refractivity contribution >= 4 is 51.9 Å². The topological polar surface area (TPSA) is 54.4 Å². The van der Waals surface area contributed by atoms with Crippen molar-refractivity contribution in [2.45, 2.75) is 11.7 Å². The number of hydrogen-bond acceptors (Lipinski definition) is 4. The zero-order valence-electron chi connectivity index (χ0n) is 11.3. The van der Waals surface area contributed by atoms with Crippen LogP contribution in [-0.4, -0.2) is 21.3 Å². The standard InChI is InChI=1S/C15H11Cl2N3OS/c16-10-5-3-4-9(13(10)17)8-11-14(21)20-15(22-11)19-12-6-1-2-7-18-12/h1-7,11H,8H2,(H,18,19,20,21)/t11-/m1/s1. The van der Waals surface area contributed by atoms with Crippen molar-refractivity contribution in [2.75, 3.05) is 0 Å². The van der Waals surface area contributed by atoms with Crippen molar-refractivity contribution in [2.24, 2.45) is 4.99 Å². The minimum atomic E-state index is -0.279. The lowest BCUT2D eigenvalue weighted by molar-refractivity contribution is -0.118. The Balaban J connectivity index is 1.75. The molecule has 1 amide bonds. The van der Waals surface area contributed by atoms with Crippen LogP contribution in [0.25, 0.3) is 0 Å². The number of aliphatic imine (C=N–C) groups is 1. The molecule has 7 heteroatoms. The van der Waals surface area contributed by atoms with Gasteiger partial charge in [0.1, 0.15) is 0 Å². The average molecular weight is 352 g/mol. The predicted octanol–water partition coefficient (Wildman–Crippen LogP) is 3.85. The number of benzene rings is 1. The quantitative estimate of drug-likeness (QED) is 0.913. The van der Waals surface area contributed by atoms with E-state index in [1.54, 1.807) is 18.3 Å². The van der Waals surface area contributed by atoms with Crippen molar-refractivity contribution < 1.29 is 4.79 Å². The lowest BCUT2D eigenvalue weighted by Gasteiger charge is -2.08. The summed E-state index contributed by atoms with van der Waals surface area (Å²) >= 11 is 13.5. The van der Waals surface area contributed by atoms with Gasteiger partial charge in [0.15, 0.2) is 11.0 Å². The Hall–Kier alpha value is -1.56. The number of amidine groups is 1. The summed E-state index contributed by atoms with van der Waals surface area (Å²) in [5.74, 6) is 0.475. The molecule has 1 aliphatic rings. The number of hydrogen-bond donors (Lipinski definition) is 1. The Morgan fingerprint density at radius 2 is 2.09 bits per heavy atom. The third-order valence-corrected chi connectivity index (χ3v) is 5.02. The highest BCUT2D eigenvalue weighted by Crippen LogP contribution is 2.31. The van der Waals surface area contributed by atoms with Crippen LogP contribution in [0.3, 0.4) is 0 Å². The molecule has 2 heterocycles. The molecule has 22 heavy (non-hydrogen) atoms. The van der Waals surface area contributed by atoms with Gasteiger partial charge < -0.3 is 5.32 Å². The maximum absolute atomic E-state index is 12.1. The summed E-state index contributed by atoms with van der Waals surface area (Å²) in [7, 11) is 0. The Labute approximate surface area is 141 Å². The molecule has 0 saturated carbocycles. The Bertz CT molecular complexity index is 737. The molecular weight excluding hydrogens is 341 g/mol. The van der Waals surface area contributed by atoms with E-state index in [4.69, 9.17) is 23.2 Å². The molecule has 0 unspecified atom stereocenters. The number of halogens is 2. The summed E-state index contributed by atoms with van der Waals surface area (Å²) in [6.07, 6.45) is 2.15. The molecule has 1 aliphatic heterocycles. The van der Waals surface area contributed by atoms with Crippen LogP contribution in [0.4, 0.5) is 5.82 Å². The Morgan fingerprint density at radius 3 is 2.86 bits per heavy atom. The third kappa shape index (κ3) is 3.43. The van der Waals surface area contributed by atoms with Crippen LogP contribution in [0.1, 0.15) is 5.56 Å². The summed E-state index contributed by atoms with van der Waals surface area (Å²) in [5.41, 5.74) is 0.848. The summed E-state index contributed by atoms with van der Waals surface area (Å²) in [6.45, 7) is 0. The summed E-state index contributed by atoms with van der Waals surface area (Å²) in [4.78, 5) is 20.5. The van der Waals surface area contributed by atoms with Crippen LogP contribution in [-0.2, 0) is 11.2 Å². The molecule has 112 valence electrons. The van der Waals surface area contributed by atoms with Gasteiger partial charge in [0.05, 0.1) is 15.3 Å². The van der Waals surface area contributed by atoms with Crippen molar-refractivity contribution in [3.05, 3.63) is 58.2 Å². The van der Waals surface area contributed by atoms with Crippen molar-refractivity contribution in [3.8, 4) is 0 Å². The molecule has 1 aromatic heterocycles. The molecule has 1 aromatic carbocycles. The number of amides is 1. The number of carbonyl (C=O) groups is 1. The number of thioether (sulfide) groups is 1. The fourth-order valence-corrected chi connectivity index (χ4v) is 3.42. The van der Waals surface area contributed by atoms with Gasteiger partial charge >= 0.3 is 0 Å². The summed E-state index contributed by atoms with van der Waals surface area (Å²) in [5, 5.41) is 4.02. The van der Waals surface area contributed by atoms with Crippen molar-refractivity contribution in [1.29, 1.82) is 0 Å². The molecule has 3 rings (SSSR count). The van der Waals surface area contributed by atoms with Crippen LogP contribution in [0, 0.1) is 0 Å². The zero-order chi connectivity index (χ0) is 15.5. The normalized spacial score (nSPS) is 19.5. The van der Waals surface area contributed by atoms with E-state index < -0.39 is 0 Å². The molecule has 2 aromatic rings. The molecular formula is C15H11Cl2N3OS. The smallest absolute Gasteiger partial charge is 0.239 e. The molecule has 1 atom stereocenters. The van der Waals surface area contributed by atoms with Crippen LogP contribution >= 0.6 is 35.0 Å². The van der Waals surface area contributed by atoms with Crippen LogP contribution in [0.5, 0.6) is 0 Å². The molecule has 1 saturated heterocycles. The number of carbonyl (C=O) groups excluding carboxylic acids is 1. The van der Waals surface area contributed by atoms with Gasteiger partial charge in [-0.15, -0.1) is 0 Å². The predicted molar refractivity (Wildman–Crippen MR) is 91.0 cm³/mol. The summed E-state index contributed by atoms with van der Waals surface area (Å²) in [6, 6.07) is 10.9. The van der Waals surface area contributed by atoms with E-state index in [2.05, 4.69) is 15.3 Å². The number of pyridine rings is 1. The lowest BCUT2D eigenvalue weighted by atomic mass is 10.1. The molecule has 0 aliphatic carbocycles. The summed E-state index contributed by atoms with van der Waals surface area (Å²) < 4.78 is 0. The average Bonchev–Trinajstić information content (AvgIpc) is 2.85. The third-order valence-electron chi connectivity index (χ3n) is 3.08. The first-order valence-corrected chi connectivity index (χ1v) is 8.17. The Morgan fingerprint density at radius 1 is 1.23 bits per heavy atom. The van der Waals surface area contributed by atoms with E-state index in [0.717, 1.165) is 5.56 Å². The van der Waals surface area contributed by atoms with Crippen molar-refractivity contribution in [1.82, 2.24) is 10.3 Å². The second kappa shape index (κ2) is 6.69. The number of nitrogens with zero attached hydrogens (tertiary/aromatic N) is 2. The van der Waals surface area contributed by atoms with E-state index in [1.807, 2.05) is 24.3 Å².